The number of H-pyrrole nitrogens is 1. The van der Waals surface area contributed by atoms with Gasteiger partial charge in [-0.15, -0.1) is 11.3 Å². The predicted molar refractivity (Wildman–Crippen MR) is 141 cm³/mol. The lowest BCUT2D eigenvalue weighted by Gasteiger charge is -2.36. The first-order valence-electron chi connectivity index (χ1n) is 11.1. The van der Waals surface area contributed by atoms with Gasteiger partial charge in [0.05, 0.1) is 5.39 Å². The van der Waals surface area contributed by atoms with Crippen LogP contribution in [0.25, 0.3) is 20.7 Å². The van der Waals surface area contributed by atoms with Gasteiger partial charge in [-0.25, -0.2) is 4.98 Å². The molecule has 4 aromatic rings. The average Bonchev–Trinajstić information content (AvgIpc) is 3.28. The van der Waals surface area contributed by atoms with E-state index < -0.39 is 0 Å². The van der Waals surface area contributed by atoms with E-state index in [9.17, 15) is 4.79 Å². The van der Waals surface area contributed by atoms with Crippen molar-refractivity contribution in [3.05, 3.63) is 76.0 Å². The van der Waals surface area contributed by atoms with Crippen molar-refractivity contribution in [1.82, 2.24) is 14.9 Å². The van der Waals surface area contributed by atoms with Crippen LogP contribution in [0.15, 0.2) is 70.6 Å². The maximum absolute atomic E-state index is 12.6. The Labute approximate surface area is 206 Å². The number of rotatable bonds is 7. The van der Waals surface area contributed by atoms with Crippen LogP contribution in [0.5, 0.6) is 0 Å². The molecule has 3 heterocycles. The molecule has 0 unspecified atom stereocenters. The van der Waals surface area contributed by atoms with Crippen molar-refractivity contribution in [3.8, 4) is 10.4 Å². The van der Waals surface area contributed by atoms with Crippen molar-refractivity contribution in [2.75, 3.05) is 43.4 Å². The van der Waals surface area contributed by atoms with Crippen molar-refractivity contribution in [1.29, 1.82) is 0 Å². The largest absolute Gasteiger partial charge is 0.369 e. The molecule has 0 aliphatic carbocycles. The van der Waals surface area contributed by atoms with E-state index >= 15 is 0 Å². The van der Waals surface area contributed by atoms with E-state index in [1.165, 1.54) is 5.69 Å². The van der Waals surface area contributed by atoms with Crippen LogP contribution in [0, 0.1) is 0 Å². The highest BCUT2D eigenvalue weighted by atomic mass is 35.5. The maximum Gasteiger partial charge on any atom is 0.260 e. The van der Waals surface area contributed by atoms with Crippen molar-refractivity contribution in [3.63, 3.8) is 0 Å². The van der Waals surface area contributed by atoms with Gasteiger partial charge in [-0.3, -0.25) is 9.69 Å². The number of aromatic nitrogens is 2. The lowest BCUT2D eigenvalue weighted by Crippen LogP contribution is -2.46. The Bertz CT molecular complexity index is 1270. The normalized spacial score (nSPS) is 14.8. The van der Waals surface area contributed by atoms with Gasteiger partial charge in [0.15, 0.2) is 5.16 Å². The summed E-state index contributed by atoms with van der Waals surface area (Å²) < 4.78 is 0. The number of hydrogen-bond acceptors (Lipinski definition) is 6. The van der Waals surface area contributed by atoms with Gasteiger partial charge < -0.3 is 9.88 Å². The molecule has 5 rings (SSSR count). The number of halogens is 1. The van der Waals surface area contributed by atoms with Crippen LogP contribution in [-0.2, 0) is 0 Å². The Kier molecular flexibility index (Phi) is 7.02. The molecule has 170 valence electrons. The summed E-state index contributed by atoms with van der Waals surface area (Å²) in [5, 5.41) is 2.16. The molecule has 33 heavy (non-hydrogen) atoms. The highest BCUT2D eigenvalue weighted by Gasteiger charge is 2.17. The van der Waals surface area contributed by atoms with Gasteiger partial charge in [0.1, 0.15) is 4.83 Å². The van der Waals surface area contributed by atoms with Crippen LogP contribution < -0.4 is 10.5 Å². The number of hydrogen-bond donors (Lipinski definition) is 1. The van der Waals surface area contributed by atoms with Crippen molar-refractivity contribution < 1.29 is 0 Å². The number of anilines is 1. The Morgan fingerprint density at radius 2 is 1.79 bits per heavy atom. The van der Waals surface area contributed by atoms with Crippen LogP contribution in [0.1, 0.15) is 6.42 Å². The Morgan fingerprint density at radius 3 is 2.55 bits per heavy atom. The number of benzene rings is 2. The average molecular weight is 497 g/mol. The molecule has 5 nitrogen and oxygen atoms in total. The van der Waals surface area contributed by atoms with Gasteiger partial charge in [-0.1, -0.05) is 53.7 Å². The number of fused-ring (bicyclic) bond motifs is 1. The van der Waals surface area contributed by atoms with Crippen LogP contribution in [0.4, 0.5) is 5.69 Å². The van der Waals surface area contributed by atoms with Crippen LogP contribution in [-0.4, -0.2) is 53.3 Å². The molecule has 1 N–H and O–H groups in total. The summed E-state index contributed by atoms with van der Waals surface area (Å²) in [7, 11) is 0. The third kappa shape index (κ3) is 5.44. The molecule has 8 heteroatoms. The first-order chi connectivity index (χ1) is 16.2. The second-order valence-corrected chi connectivity index (χ2v) is 10.6. The molecule has 0 amide bonds. The summed E-state index contributed by atoms with van der Waals surface area (Å²) in [6.45, 7) is 5.24. The number of nitrogens with zero attached hydrogens (tertiary/aromatic N) is 3. The number of thioether (sulfide) groups is 1. The Hall–Kier alpha value is -2.32. The lowest BCUT2D eigenvalue weighted by atomic mass is 10.2. The van der Waals surface area contributed by atoms with E-state index in [0.717, 1.165) is 65.2 Å². The molecule has 0 bridgehead atoms. The van der Waals surface area contributed by atoms with Gasteiger partial charge >= 0.3 is 0 Å². The molecule has 1 aliphatic heterocycles. The fourth-order valence-corrected chi connectivity index (χ4v) is 6.07. The summed E-state index contributed by atoms with van der Waals surface area (Å²) in [6.07, 6.45) is 1.06. The molecule has 0 saturated carbocycles. The minimum Gasteiger partial charge on any atom is -0.369 e. The van der Waals surface area contributed by atoms with E-state index in [4.69, 9.17) is 16.6 Å². The molecule has 2 aromatic heterocycles. The van der Waals surface area contributed by atoms with Gasteiger partial charge in [-0.05, 0) is 48.9 Å². The summed E-state index contributed by atoms with van der Waals surface area (Å²) in [6, 6.07) is 20.2. The summed E-state index contributed by atoms with van der Waals surface area (Å²) >= 11 is 9.21. The fraction of sp³-hybridized carbons (Fsp3) is 0.280. The number of piperazine rings is 1. The molecule has 0 spiro atoms. The second kappa shape index (κ2) is 10.3. The van der Waals surface area contributed by atoms with Crippen molar-refractivity contribution >= 4 is 50.6 Å². The van der Waals surface area contributed by atoms with Crippen LogP contribution in [0.2, 0.25) is 5.02 Å². The van der Waals surface area contributed by atoms with E-state index in [-0.39, 0.29) is 5.56 Å². The van der Waals surface area contributed by atoms with E-state index in [0.29, 0.717) is 10.5 Å². The smallest absolute Gasteiger partial charge is 0.260 e. The first-order valence-corrected chi connectivity index (χ1v) is 13.3. The zero-order chi connectivity index (χ0) is 22.6. The number of nitrogens with one attached hydrogen (secondary N) is 1. The second-order valence-electron chi connectivity index (χ2n) is 8.07. The quantitative estimate of drug-likeness (QED) is 0.205. The molecular formula is C25H25ClN4OS2. The highest BCUT2D eigenvalue weighted by molar-refractivity contribution is 7.99. The first kappa shape index (κ1) is 22.5. The standard InChI is InChI=1S/C25H25ClN4OS2/c26-19-7-9-20(10-8-19)30-14-12-29(13-15-30)11-4-16-32-25-27-23(31)21-17-22(33-24(21)28-25)18-5-2-1-3-6-18/h1-3,5-10,17H,4,11-16H2,(H,27,28,31). The van der Waals surface area contributed by atoms with Crippen molar-refractivity contribution in [2.45, 2.75) is 11.6 Å². The third-order valence-electron chi connectivity index (χ3n) is 5.86. The monoisotopic (exact) mass is 496 g/mol. The zero-order valence-corrected chi connectivity index (χ0v) is 20.6. The van der Waals surface area contributed by atoms with Gasteiger partial charge in [-0.2, -0.15) is 0 Å². The molecule has 1 aliphatic rings. The maximum atomic E-state index is 12.6. The van der Waals surface area contributed by atoms with Crippen LogP contribution >= 0.6 is 34.7 Å². The fourth-order valence-electron chi connectivity index (χ4n) is 4.06. The van der Waals surface area contributed by atoms with E-state index in [1.54, 1.807) is 23.1 Å². The van der Waals surface area contributed by atoms with E-state index in [1.807, 2.05) is 36.4 Å². The minimum atomic E-state index is -0.0562. The number of thiophene rings is 1. The SMILES string of the molecule is O=c1[nH]c(SCCCN2CCN(c3ccc(Cl)cc3)CC2)nc2sc(-c3ccccc3)cc12. The molecular weight excluding hydrogens is 472 g/mol. The number of aromatic amines is 1. The summed E-state index contributed by atoms with van der Waals surface area (Å²) in [4.78, 5) is 27.0. The van der Waals surface area contributed by atoms with Gasteiger partial charge in [0, 0.05) is 47.5 Å². The Morgan fingerprint density at radius 1 is 1.03 bits per heavy atom. The predicted octanol–water partition coefficient (Wildman–Crippen LogP) is 5.61. The van der Waals surface area contributed by atoms with Crippen molar-refractivity contribution in [2.24, 2.45) is 0 Å². The molecule has 0 radical (unpaired) electrons. The molecule has 2 aromatic carbocycles. The summed E-state index contributed by atoms with van der Waals surface area (Å²) in [5.74, 6) is 0.933. The molecule has 0 atom stereocenters. The zero-order valence-electron chi connectivity index (χ0n) is 18.2. The minimum absolute atomic E-state index is 0.0562. The third-order valence-corrected chi connectivity index (χ3v) is 8.15. The molecule has 1 fully saturated rings. The topological polar surface area (TPSA) is 52.2 Å². The van der Waals surface area contributed by atoms with Crippen LogP contribution in [0.3, 0.4) is 0 Å². The van der Waals surface area contributed by atoms with E-state index in [2.05, 4.69) is 39.0 Å². The lowest BCUT2D eigenvalue weighted by molar-refractivity contribution is 0.259. The summed E-state index contributed by atoms with van der Waals surface area (Å²) in [5.41, 5.74) is 2.30. The van der Waals surface area contributed by atoms with Gasteiger partial charge in [0.25, 0.3) is 5.56 Å². The Balaban J connectivity index is 1.12. The molecule has 1 saturated heterocycles. The van der Waals surface area contributed by atoms with Gasteiger partial charge in [0.2, 0.25) is 0 Å². The highest BCUT2D eigenvalue weighted by Crippen LogP contribution is 2.31.